The Morgan fingerprint density at radius 1 is 1.17 bits per heavy atom. The zero-order valence-corrected chi connectivity index (χ0v) is 18.0. The van der Waals surface area contributed by atoms with E-state index in [9.17, 15) is 4.79 Å². The van der Waals surface area contributed by atoms with Crippen LogP contribution in [0.2, 0.25) is 0 Å². The Bertz CT molecular complexity index is 960. The van der Waals surface area contributed by atoms with Crippen molar-refractivity contribution in [2.24, 2.45) is 5.92 Å². The molecule has 1 fully saturated rings. The highest BCUT2D eigenvalue weighted by molar-refractivity contribution is 5.88. The van der Waals surface area contributed by atoms with E-state index in [0.717, 1.165) is 47.9 Å². The Labute approximate surface area is 177 Å². The summed E-state index contributed by atoms with van der Waals surface area (Å²) in [6.45, 7) is 3.36. The fourth-order valence-electron chi connectivity index (χ4n) is 4.05. The van der Waals surface area contributed by atoms with Crippen molar-refractivity contribution < 1.29 is 14.4 Å². The lowest BCUT2D eigenvalue weighted by Crippen LogP contribution is -2.37. The second kappa shape index (κ2) is 10.3. The number of rotatable bonds is 4. The van der Waals surface area contributed by atoms with Crippen LogP contribution in [-0.4, -0.2) is 48.4 Å². The van der Waals surface area contributed by atoms with E-state index in [1.165, 1.54) is 16.0 Å². The van der Waals surface area contributed by atoms with Crippen LogP contribution in [-0.2, 0) is 6.42 Å². The van der Waals surface area contributed by atoms with Crippen molar-refractivity contribution in [2.75, 3.05) is 27.2 Å². The molecule has 0 aliphatic carbocycles. The SMILES string of the molecule is CNC.Cc1c(-c2ccccc2)ccc2c(CCC3CCN(C(=O)O)CC3)noc12. The van der Waals surface area contributed by atoms with Gasteiger partial charge in [0.15, 0.2) is 5.58 Å². The molecular formula is C24H31N3O3. The van der Waals surface area contributed by atoms with Crippen molar-refractivity contribution in [2.45, 2.75) is 32.6 Å². The number of hydrogen-bond acceptors (Lipinski definition) is 4. The van der Waals surface area contributed by atoms with Crippen molar-refractivity contribution in [1.29, 1.82) is 0 Å². The highest BCUT2D eigenvalue weighted by Gasteiger charge is 2.23. The number of piperidine rings is 1. The molecule has 6 heteroatoms. The second-order valence-electron chi connectivity index (χ2n) is 7.86. The fourth-order valence-corrected chi connectivity index (χ4v) is 4.05. The Kier molecular flexibility index (Phi) is 7.46. The van der Waals surface area contributed by atoms with Crippen LogP contribution in [0.4, 0.5) is 4.79 Å². The third-order valence-electron chi connectivity index (χ3n) is 5.72. The third-order valence-corrected chi connectivity index (χ3v) is 5.72. The number of carbonyl (C=O) groups is 1. The van der Waals surface area contributed by atoms with Gasteiger partial charge in [0.1, 0.15) is 0 Å². The van der Waals surface area contributed by atoms with Crippen LogP contribution >= 0.6 is 0 Å². The van der Waals surface area contributed by atoms with Gasteiger partial charge >= 0.3 is 6.09 Å². The lowest BCUT2D eigenvalue weighted by Gasteiger charge is -2.29. The molecule has 3 aromatic rings. The maximum absolute atomic E-state index is 11.0. The number of benzene rings is 2. The van der Waals surface area contributed by atoms with E-state index in [2.05, 4.69) is 41.7 Å². The first-order chi connectivity index (χ1) is 14.5. The molecular weight excluding hydrogens is 378 g/mol. The average Bonchev–Trinajstić information content (AvgIpc) is 3.18. The van der Waals surface area contributed by atoms with E-state index < -0.39 is 6.09 Å². The molecule has 2 aromatic carbocycles. The average molecular weight is 410 g/mol. The molecule has 2 N–H and O–H groups in total. The first kappa shape index (κ1) is 21.8. The molecule has 1 saturated heterocycles. The molecule has 0 bridgehead atoms. The quantitative estimate of drug-likeness (QED) is 0.637. The van der Waals surface area contributed by atoms with Crippen LogP contribution in [0.1, 0.15) is 30.5 Å². The van der Waals surface area contributed by atoms with Gasteiger partial charge in [-0.25, -0.2) is 4.79 Å². The van der Waals surface area contributed by atoms with Crippen molar-refractivity contribution in [1.82, 2.24) is 15.4 Å². The van der Waals surface area contributed by atoms with Gasteiger partial charge in [0, 0.05) is 24.0 Å². The number of amides is 1. The van der Waals surface area contributed by atoms with Crippen molar-refractivity contribution >= 4 is 17.1 Å². The summed E-state index contributed by atoms with van der Waals surface area (Å²) in [5.41, 5.74) is 5.35. The summed E-state index contributed by atoms with van der Waals surface area (Å²) in [6.07, 6.45) is 2.95. The zero-order chi connectivity index (χ0) is 21.5. The maximum atomic E-state index is 11.0. The summed E-state index contributed by atoms with van der Waals surface area (Å²) >= 11 is 0. The molecule has 0 radical (unpaired) electrons. The van der Waals surface area contributed by atoms with Gasteiger partial charge in [-0.05, 0) is 69.8 Å². The zero-order valence-electron chi connectivity index (χ0n) is 18.0. The Morgan fingerprint density at radius 2 is 1.83 bits per heavy atom. The summed E-state index contributed by atoms with van der Waals surface area (Å²) in [4.78, 5) is 12.5. The number of carboxylic acid groups (broad SMARTS) is 1. The van der Waals surface area contributed by atoms with Gasteiger partial charge in [-0.1, -0.05) is 41.6 Å². The topological polar surface area (TPSA) is 78.6 Å². The van der Waals surface area contributed by atoms with E-state index in [4.69, 9.17) is 9.63 Å². The van der Waals surface area contributed by atoms with Gasteiger partial charge < -0.3 is 19.8 Å². The largest absolute Gasteiger partial charge is 0.465 e. The third kappa shape index (κ3) is 5.00. The van der Waals surface area contributed by atoms with Crippen molar-refractivity contribution in [3.05, 3.63) is 53.7 Å². The summed E-state index contributed by atoms with van der Waals surface area (Å²) < 4.78 is 5.69. The van der Waals surface area contributed by atoms with E-state index in [1.807, 2.05) is 32.3 Å². The first-order valence-corrected chi connectivity index (χ1v) is 10.5. The summed E-state index contributed by atoms with van der Waals surface area (Å²) in [5, 5.41) is 17.2. The maximum Gasteiger partial charge on any atom is 0.407 e. The van der Waals surface area contributed by atoms with Crippen LogP contribution in [0.3, 0.4) is 0 Å². The molecule has 1 amide bonds. The van der Waals surface area contributed by atoms with Gasteiger partial charge in [-0.3, -0.25) is 0 Å². The summed E-state index contributed by atoms with van der Waals surface area (Å²) in [7, 11) is 3.75. The van der Waals surface area contributed by atoms with Crippen molar-refractivity contribution in [3.63, 3.8) is 0 Å². The van der Waals surface area contributed by atoms with Gasteiger partial charge in [0.2, 0.25) is 0 Å². The minimum Gasteiger partial charge on any atom is -0.465 e. The molecule has 6 nitrogen and oxygen atoms in total. The van der Waals surface area contributed by atoms with E-state index in [-0.39, 0.29) is 0 Å². The second-order valence-corrected chi connectivity index (χ2v) is 7.86. The molecule has 30 heavy (non-hydrogen) atoms. The van der Waals surface area contributed by atoms with Gasteiger partial charge in [-0.15, -0.1) is 0 Å². The van der Waals surface area contributed by atoms with Crippen LogP contribution in [0.25, 0.3) is 22.1 Å². The van der Waals surface area contributed by atoms with E-state index >= 15 is 0 Å². The minimum absolute atomic E-state index is 0.553. The van der Waals surface area contributed by atoms with Crippen LogP contribution < -0.4 is 5.32 Å². The molecule has 1 aliphatic heterocycles. The van der Waals surface area contributed by atoms with Crippen molar-refractivity contribution in [3.8, 4) is 11.1 Å². The first-order valence-electron chi connectivity index (χ1n) is 10.5. The van der Waals surface area contributed by atoms with Crippen LogP contribution in [0.15, 0.2) is 47.0 Å². The number of hydrogen-bond donors (Lipinski definition) is 2. The van der Waals surface area contributed by atoms with Gasteiger partial charge in [0.25, 0.3) is 0 Å². The predicted octanol–water partition coefficient (Wildman–Crippen LogP) is 4.96. The highest BCUT2D eigenvalue weighted by Crippen LogP contribution is 2.32. The normalized spacial score (nSPS) is 14.4. The number of aryl methyl sites for hydroxylation is 2. The highest BCUT2D eigenvalue weighted by atomic mass is 16.5. The van der Waals surface area contributed by atoms with Crippen LogP contribution in [0.5, 0.6) is 0 Å². The molecule has 160 valence electrons. The number of nitrogens with zero attached hydrogens (tertiary/aromatic N) is 2. The minimum atomic E-state index is -0.805. The Morgan fingerprint density at radius 3 is 2.47 bits per heavy atom. The molecule has 0 unspecified atom stereocenters. The number of likely N-dealkylation sites (tertiary alicyclic amines) is 1. The van der Waals surface area contributed by atoms with E-state index in [1.54, 1.807) is 0 Å². The lowest BCUT2D eigenvalue weighted by atomic mass is 9.91. The molecule has 0 atom stereocenters. The Balaban J connectivity index is 0.000000806. The number of fused-ring (bicyclic) bond motifs is 1. The molecule has 1 aliphatic rings. The standard InChI is InChI=1S/C22H24N2O3.C2H7N/c1-15-18(17-5-3-2-4-6-17)8-9-19-20(23-27-21(15)19)10-7-16-11-13-24(14-12-16)22(25)26;1-3-2/h2-6,8-9,16H,7,10-14H2,1H3,(H,25,26);3H,1-2H3. The summed E-state index contributed by atoms with van der Waals surface area (Å²) in [6, 6.07) is 14.6. The molecule has 0 spiro atoms. The molecule has 1 aromatic heterocycles. The smallest absolute Gasteiger partial charge is 0.407 e. The van der Waals surface area contributed by atoms with Gasteiger partial charge in [-0.2, -0.15) is 0 Å². The number of aromatic nitrogens is 1. The monoisotopic (exact) mass is 409 g/mol. The molecule has 4 rings (SSSR count). The summed E-state index contributed by atoms with van der Waals surface area (Å²) in [5.74, 6) is 0.553. The lowest BCUT2D eigenvalue weighted by molar-refractivity contribution is 0.123. The van der Waals surface area contributed by atoms with E-state index in [0.29, 0.717) is 19.0 Å². The molecule has 2 heterocycles. The van der Waals surface area contributed by atoms with Crippen LogP contribution in [0, 0.1) is 12.8 Å². The Hall–Kier alpha value is -2.86. The fraction of sp³-hybridized carbons (Fsp3) is 0.417. The predicted molar refractivity (Wildman–Crippen MR) is 120 cm³/mol. The molecule has 0 saturated carbocycles. The van der Waals surface area contributed by atoms with Gasteiger partial charge in [0.05, 0.1) is 5.69 Å². The number of nitrogens with one attached hydrogen (secondary N) is 1.